The van der Waals surface area contributed by atoms with E-state index in [1.807, 2.05) is 18.2 Å². The molecule has 4 aromatic rings. The Hall–Kier alpha value is -4.00. The normalized spacial score (nSPS) is 13.9. The van der Waals surface area contributed by atoms with E-state index in [1.54, 1.807) is 43.5 Å². The second-order valence-electron chi connectivity index (χ2n) is 8.71. The Labute approximate surface area is 205 Å². The van der Waals surface area contributed by atoms with Crippen molar-refractivity contribution in [2.24, 2.45) is 5.92 Å². The number of fused-ring (bicyclic) bond motifs is 1. The molecule has 0 N–H and O–H groups in total. The molecule has 184 valence electrons. The molecule has 1 aliphatic carbocycles. The van der Waals surface area contributed by atoms with E-state index in [9.17, 15) is 18.0 Å². The van der Waals surface area contributed by atoms with Crippen LogP contribution in [0.1, 0.15) is 29.7 Å². The Morgan fingerprint density at radius 2 is 1.72 bits per heavy atom. The summed E-state index contributed by atoms with van der Waals surface area (Å²) in [6.45, 7) is 0.586. The lowest BCUT2D eigenvalue weighted by molar-refractivity contribution is -0.137. The molecular weight excluding hydrogens is 469 g/mol. The first-order chi connectivity index (χ1) is 17.3. The number of alkyl halides is 3. The maximum absolute atomic E-state index is 13.4. The zero-order chi connectivity index (χ0) is 25.3. The molecule has 0 bridgehead atoms. The van der Waals surface area contributed by atoms with Crippen LogP contribution >= 0.6 is 0 Å². The SMILES string of the molecule is COc1cccc(/C=C/c2oc3ccccc3c(=O)c2-c2ccc(C(F)(F)F)cc2)c1OCC1CC1. The molecule has 1 saturated carbocycles. The summed E-state index contributed by atoms with van der Waals surface area (Å²) in [5.41, 5.74) is 0.507. The van der Waals surface area contributed by atoms with Crippen LogP contribution in [-0.4, -0.2) is 13.7 Å². The molecule has 0 radical (unpaired) electrons. The third-order valence-corrected chi connectivity index (χ3v) is 6.13. The highest BCUT2D eigenvalue weighted by Gasteiger charge is 2.30. The predicted octanol–water partition coefficient (Wildman–Crippen LogP) is 7.45. The Morgan fingerprint density at radius 3 is 2.42 bits per heavy atom. The van der Waals surface area contributed by atoms with Gasteiger partial charge in [-0.25, -0.2) is 0 Å². The summed E-state index contributed by atoms with van der Waals surface area (Å²) in [5, 5.41) is 0.347. The van der Waals surface area contributed by atoms with Gasteiger partial charge in [0.1, 0.15) is 11.3 Å². The second kappa shape index (κ2) is 9.57. The monoisotopic (exact) mass is 492 g/mol. The highest BCUT2D eigenvalue weighted by atomic mass is 19.4. The minimum atomic E-state index is -4.47. The molecule has 1 aromatic heterocycles. The van der Waals surface area contributed by atoms with E-state index >= 15 is 0 Å². The number of halogens is 3. The lowest BCUT2D eigenvalue weighted by atomic mass is 10.00. The van der Waals surface area contributed by atoms with E-state index in [2.05, 4.69) is 0 Å². The Balaban J connectivity index is 1.61. The predicted molar refractivity (Wildman–Crippen MR) is 133 cm³/mol. The standard InChI is InChI=1S/C29H23F3O4/c1-34-25-8-4-5-20(28(25)35-17-18-9-10-18)13-16-24-26(19-11-14-21(15-12-19)29(30,31)32)27(33)22-6-2-3-7-23(22)36-24/h2-8,11-16,18H,9-10,17H2,1H3/b16-13+. The first-order valence-electron chi connectivity index (χ1n) is 11.6. The van der Waals surface area contributed by atoms with Crippen LogP contribution in [0, 0.1) is 5.92 Å². The van der Waals surface area contributed by atoms with Crippen molar-refractivity contribution in [3.8, 4) is 22.6 Å². The first-order valence-corrected chi connectivity index (χ1v) is 11.6. The smallest absolute Gasteiger partial charge is 0.416 e. The molecule has 0 saturated heterocycles. The maximum Gasteiger partial charge on any atom is 0.416 e. The molecule has 0 spiro atoms. The third-order valence-electron chi connectivity index (χ3n) is 6.13. The zero-order valence-electron chi connectivity index (χ0n) is 19.5. The summed E-state index contributed by atoms with van der Waals surface area (Å²) in [6, 6.07) is 16.8. The number of para-hydroxylation sites is 2. The third kappa shape index (κ3) is 4.87. The molecular formula is C29H23F3O4. The summed E-state index contributed by atoms with van der Waals surface area (Å²) in [5.74, 6) is 1.94. The zero-order valence-corrected chi connectivity index (χ0v) is 19.5. The number of ether oxygens (including phenoxy) is 2. The van der Waals surface area contributed by atoms with Gasteiger partial charge in [0, 0.05) is 5.56 Å². The minimum absolute atomic E-state index is 0.182. The van der Waals surface area contributed by atoms with Gasteiger partial charge in [-0.2, -0.15) is 13.2 Å². The first kappa shape index (κ1) is 23.7. The van der Waals surface area contributed by atoms with Gasteiger partial charge < -0.3 is 13.9 Å². The fraction of sp³-hybridized carbons (Fsp3) is 0.207. The van der Waals surface area contributed by atoms with Gasteiger partial charge in [0.25, 0.3) is 0 Å². The van der Waals surface area contributed by atoms with E-state index in [0.29, 0.717) is 40.6 Å². The van der Waals surface area contributed by atoms with Gasteiger partial charge in [0.15, 0.2) is 11.5 Å². The molecule has 3 aromatic carbocycles. The minimum Gasteiger partial charge on any atom is -0.493 e. The molecule has 1 aliphatic rings. The van der Waals surface area contributed by atoms with Crippen LogP contribution in [0.3, 0.4) is 0 Å². The Kier molecular flexibility index (Phi) is 6.31. The molecule has 0 atom stereocenters. The molecule has 0 amide bonds. The molecule has 0 aliphatic heterocycles. The van der Waals surface area contributed by atoms with Crippen molar-refractivity contribution in [1.82, 2.24) is 0 Å². The highest BCUT2D eigenvalue weighted by Crippen LogP contribution is 2.37. The number of methoxy groups -OCH3 is 1. The van der Waals surface area contributed by atoms with Gasteiger partial charge in [0.2, 0.25) is 5.43 Å². The van der Waals surface area contributed by atoms with Crippen molar-refractivity contribution in [2.75, 3.05) is 13.7 Å². The van der Waals surface area contributed by atoms with Crippen molar-refractivity contribution in [1.29, 1.82) is 0 Å². The van der Waals surface area contributed by atoms with Crippen LogP contribution < -0.4 is 14.9 Å². The van der Waals surface area contributed by atoms with E-state index < -0.39 is 11.7 Å². The van der Waals surface area contributed by atoms with Gasteiger partial charge in [0.05, 0.1) is 30.2 Å². The number of hydrogen-bond acceptors (Lipinski definition) is 4. The van der Waals surface area contributed by atoms with Crippen LogP contribution in [0.5, 0.6) is 11.5 Å². The van der Waals surface area contributed by atoms with Crippen LogP contribution in [-0.2, 0) is 6.18 Å². The summed E-state index contributed by atoms with van der Waals surface area (Å²) >= 11 is 0. The molecule has 0 unspecified atom stereocenters. The van der Waals surface area contributed by atoms with Crippen molar-refractivity contribution in [2.45, 2.75) is 19.0 Å². The van der Waals surface area contributed by atoms with E-state index in [4.69, 9.17) is 13.9 Å². The lowest BCUT2D eigenvalue weighted by Crippen LogP contribution is -2.08. The molecule has 1 fully saturated rings. The van der Waals surface area contributed by atoms with Crippen molar-refractivity contribution >= 4 is 23.1 Å². The lowest BCUT2D eigenvalue weighted by Gasteiger charge is -2.13. The highest BCUT2D eigenvalue weighted by molar-refractivity contribution is 5.87. The van der Waals surface area contributed by atoms with Crippen molar-refractivity contribution in [3.63, 3.8) is 0 Å². The fourth-order valence-electron chi connectivity index (χ4n) is 4.01. The largest absolute Gasteiger partial charge is 0.493 e. The van der Waals surface area contributed by atoms with Gasteiger partial charge in [-0.3, -0.25) is 4.79 Å². The fourth-order valence-corrected chi connectivity index (χ4v) is 4.01. The summed E-state index contributed by atoms with van der Waals surface area (Å²) in [4.78, 5) is 13.4. The average Bonchev–Trinajstić information content (AvgIpc) is 3.70. The number of benzene rings is 3. The van der Waals surface area contributed by atoms with Crippen molar-refractivity contribution in [3.05, 3.63) is 93.8 Å². The van der Waals surface area contributed by atoms with E-state index in [-0.39, 0.29) is 16.8 Å². The van der Waals surface area contributed by atoms with Crippen LogP contribution in [0.25, 0.3) is 34.2 Å². The second-order valence-corrected chi connectivity index (χ2v) is 8.71. The molecule has 1 heterocycles. The molecule has 7 heteroatoms. The van der Waals surface area contributed by atoms with Gasteiger partial charge in [-0.05, 0) is 66.8 Å². The summed E-state index contributed by atoms with van der Waals surface area (Å²) in [7, 11) is 1.57. The van der Waals surface area contributed by atoms with Crippen molar-refractivity contribution < 1.29 is 27.1 Å². The number of rotatable bonds is 7. The molecule has 4 nitrogen and oxygen atoms in total. The van der Waals surface area contributed by atoms with Crippen LogP contribution in [0.4, 0.5) is 13.2 Å². The summed E-state index contributed by atoms with van der Waals surface area (Å²) in [6.07, 6.45) is 1.20. The molecule has 5 rings (SSSR count). The Bertz CT molecular complexity index is 1480. The van der Waals surface area contributed by atoms with E-state index in [1.165, 1.54) is 12.1 Å². The average molecular weight is 492 g/mol. The number of hydrogen-bond donors (Lipinski definition) is 0. The molecule has 36 heavy (non-hydrogen) atoms. The van der Waals surface area contributed by atoms with Crippen LogP contribution in [0.2, 0.25) is 0 Å². The Morgan fingerprint density at radius 1 is 0.972 bits per heavy atom. The van der Waals surface area contributed by atoms with E-state index in [0.717, 1.165) is 30.5 Å². The van der Waals surface area contributed by atoms with Gasteiger partial charge in [-0.15, -0.1) is 0 Å². The quantitative estimate of drug-likeness (QED) is 0.269. The van der Waals surface area contributed by atoms with Gasteiger partial charge >= 0.3 is 6.18 Å². The van der Waals surface area contributed by atoms with Crippen LogP contribution in [0.15, 0.2) is 75.9 Å². The maximum atomic E-state index is 13.4. The topological polar surface area (TPSA) is 48.7 Å². The summed E-state index contributed by atoms with van der Waals surface area (Å²) < 4.78 is 56.9. The van der Waals surface area contributed by atoms with Gasteiger partial charge in [-0.1, -0.05) is 36.4 Å².